The third-order valence-corrected chi connectivity index (χ3v) is 2.75. The van der Waals surface area contributed by atoms with Gasteiger partial charge in [0.2, 0.25) is 0 Å². The monoisotopic (exact) mass is 317 g/mol. The number of nitrogens with zero attached hydrogens (tertiary/aromatic N) is 1. The first-order chi connectivity index (χ1) is 10.3. The van der Waals surface area contributed by atoms with Gasteiger partial charge in [0.1, 0.15) is 12.2 Å². The second kappa shape index (κ2) is 11.3. The number of hydrogen-bond donors (Lipinski definition) is 0. The highest BCUT2D eigenvalue weighted by Crippen LogP contribution is 2.08. The van der Waals surface area contributed by atoms with E-state index in [9.17, 15) is 9.59 Å². The predicted molar refractivity (Wildman–Crippen MR) is 84.8 cm³/mol. The van der Waals surface area contributed by atoms with Crippen molar-refractivity contribution < 1.29 is 23.8 Å². The normalized spacial score (nSPS) is 11.1. The number of amides is 1. The minimum Gasteiger partial charge on any atom is -0.463 e. The summed E-state index contributed by atoms with van der Waals surface area (Å²) >= 11 is 0. The fraction of sp³-hybridized carbons (Fsp3) is 0.875. The van der Waals surface area contributed by atoms with Crippen molar-refractivity contribution in [2.75, 3.05) is 33.4 Å². The van der Waals surface area contributed by atoms with Gasteiger partial charge in [-0.3, -0.25) is 4.79 Å². The Balaban J connectivity index is 3.56. The molecule has 1 amide bonds. The highest BCUT2D eigenvalue weighted by Gasteiger charge is 2.19. The molecule has 0 aromatic carbocycles. The van der Waals surface area contributed by atoms with E-state index < -0.39 is 5.60 Å². The maximum atomic E-state index is 11.7. The van der Waals surface area contributed by atoms with Gasteiger partial charge in [-0.1, -0.05) is 19.8 Å². The summed E-state index contributed by atoms with van der Waals surface area (Å²) in [6, 6.07) is 0. The summed E-state index contributed by atoms with van der Waals surface area (Å²) in [4.78, 5) is 24.5. The van der Waals surface area contributed by atoms with Crippen LogP contribution in [-0.4, -0.2) is 56.0 Å². The molecule has 0 fully saturated rings. The summed E-state index contributed by atoms with van der Waals surface area (Å²) in [6.45, 7) is 8.96. The molecule has 6 nitrogen and oxygen atoms in total. The Labute approximate surface area is 134 Å². The quantitative estimate of drug-likeness (QED) is 0.458. The minimum atomic E-state index is -0.502. The first-order valence-electron chi connectivity index (χ1n) is 7.93. The number of esters is 1. The molecule has 0 aromatic heterocycles. The van der Waals surface area contributed by atoms with Crippen molar-refractivity contribution in [3.05, 3.63) is 0 Å². The lowest BCUT2D eigenvalue weighted by molar-refractivity contribution is -0.145. The Kier molecular flexibility index (Phi) is 10.6. The molecule has 0 saturated heterocycles. The van der Waals surface area contributed by atoms with Crippen LogP contribution in [0.5, 0.6) is 0 Å². The molecule has 22 heavy (non-hydrogen) atoms. The molecular weight excluding hydrogens is 286 g/mol. The number of likely N-dealkylation sites (N-methyl/N-ethyl adjacent to an activating group) is 1. The Morgan fingerprint density at radius 1 is 1.05 bits per heavy atom. The first kappa shape index (κ1) is 20.7. The van der Waals surface area contributed by atoms with Crippen molar-refractivity contribution in [1.29, 1.82) is 0 Å². The van der Waals surface area contributed by atoms with Crippen LogP contribution in [0.1, 0.15) is 53.4 Å². The molecule has 0 aliphatic rings. The summed E-state index contributed by atoms with van der Waals surface area (Å²) in [6.07, 6.45) is 3.09. The van der Waals surface area contributed by atoms with Crippen molar-refractivity contribution in [3.63, 3.8) is 0 Å². The lowest BCUT2D eigenvalue weighted by Crippen LogP contribution is -2.36. The Morgan fingerprint density at radius 3 is 2.32 bits per heavy atom. The van der Waals surface area contributed by atoms with E-state index in [0.717, 1.165) is 19.3 Å². The molecule has 0 radical (unpaired) electrons. The van der Waals surface area contributed by atoms with Crippen molar-refractivity contribution in [2.45, 2.75) is 59.0 Å². The molecule has 0 rings (SSSR count). The number of rotatable bonds is 10. The van der Waals surface area contributed by atoms with Crippen LogP contribution in [0.15, 0.2) is 0 Å². The van der Waals surface area contributed by atoms with Gasteiger partial charge < -0.3 is 19.1 Å². The van der Waals surface area contributed by atoms with Crippen LogP contribution in [0, 0.1) is 0 Å². The fourth-order valence-electron chi connectivity index (χ4n) is 1.54. The second-order valence-corrected chi connectivity index (χ2v) is 6.19. The van der Waals surface area contributed by atoms with E-state index in [-0.39, 0.29) is 18.7 Å². The zero-order valence-corrected chi connectivity index (χ0v) is 14.6. The lowest BCUT2D eigenvalue weighted by atomic mass is 10.2. The number of ether oxygens (including phenoxy) is 3. The Bertz CT molecular complexity index is 325. The maximum absolute atomic E-state index is 11.7. The highest BCUT2D eigenvalue weighted by atomic mass is 16.6. The van der Waals surface area contributed by atoms with Crippen LogP contribution in [0.4, 0.5) is 4.79 Å². The Morgan fingerprint density at radius 2 is 1.73 bits per heavy atom. The maximum Gasteiger partial charge on any atom is 0.410 e. The van der Waals surface area contributed by atoms with Gasteiger partial charge in [-0.25, -0.2) is 4.79 Å². The molecule has 0 spiro atoms. The summed E-state index contributed by atoms with van der Waals surface area (Å²) < 4.78 is 15.6. The van der Waals surface area contributed by atoms with Gasteiger partial charge in [-0.05, 0) is 27.2 Å². The van der Waals surface area contributed by atoms with Gasteiger partial charge in [0.05, 0.1) is 13.2 Å². The molecule has 0 aromatic rings. The van der Waals surface area contributed by atoms with Crippen LogP contribution in [0.2, 0.25) is 0 Å². The van der Waals surface area contributed by atoms with Crippen molar-refractivity contribution in [2.24, 2.45) is 0 Å². The summed E-state index contributed by atoms with van der Waals surface area (Å²) in [5, 5.41) is 0. The van der Waals surface area contributed by atoms with E-state index >= 15 is 0 Å². The van der Waals surface area contributed by atoms with E-state index in [1.165, 1.54) is 4.90 Å². The number of hydrogen-bond acceptors (Lipinski definition) is 5. The van der Waals surface area contributed by atoms with Crippen molar-refractivity contribution in [1.82, 2.24) is 4.90 Å². The van der Waals surface area contributed by atoms with Gasteiger partial charge in [0, 0.05) is 20.0 Å². The molecule has 0 unspecified atom stereocenters. The SMILES string of the molecule is CCCCCC(=O)OCCOCCN(C)C(=O)OC(C)(C)C. The molecule has 0 bridgehead atoms. The van der Waals surface area contributed by atoms with E-state index in [2.05, 4.69) is 6.92 Å². The molecule has 0 atom stereocenters. The van der Waals surface area contributed by atoms with Gasteiger partial charge in [-0.2, -0.15) is 0 Å². The molecule has 0 heterocycles. The van der Waals surface area contributed by atoms with E-state index in [0.29, 0.717) is 26.2 Å². The Hall–Kier alpha value is -1.30. The zero-order valence-electron chi connectivity index (χ0n) is 14.6. The van der Waals surface area contributed by atoms with Crippen LogP contribution in [-0.2, 0) is 19.0 Å². The van der Waals surface area contributed by atoms with Gasteiger partial charge in [0.25, 0.3) is 0 Å². The average molecular weight is 317 g/mol. The van der Waals surface area contributed by atoms with Gasteiger partial charge in [0.15, 0.2) is 0 Å². The summed E-state index contributed by atoms with van der Waals surface area (Å²) in [5.41, 5.74) is -0.502. The molecule has 130 valence electrons. The van der Waals surface area contributed by atoms with Crippen LogP contribution in [0.3, 0.4) is 0 Å². The van der Waals surface area contributed by atoms with Crippen molar-refractivity contribution >= 4 is 12.1 Å². The zero-order chi connectivity index (χ0) is 17.0. The molecular formula is C16H31NO5. The van der Waals surface area contributed by atoms with Gasteiger partial charge in [-0.15, -0.1) is 0 Å². The molecule has 0 aliphatic carbocycles. The largest absolute Gasteiger partial charge is 0.463 e. The average Bonchev–Trinajstić information content (AvgIpc) is 2.40. The third kappa shape index (κ3) is 12.4. The van der Waals surface area contributed by atoms with E-state index in [1.807, 2.05) is 20.8 Å². The van der Waals surface area contributed by atoms with Crippen LogP contribution < -0.4 is 0 Å². The fourth-order valence-corrected chi connectivity index (χ4v) is 1.54. The smallest absolute Gasteiger partial charge is 0.410 e. The lowest BCUT2D eigenvalue weighted by Gasteiger charge is -2.24. The van der Waals surface area contributed by atoms with Crippen LogP contribution >= 0.6 is 0 Å². The number of carbonyl (C=O) groups is 2. The summed E-state index contributed by atoms with van der Waals surface area (Å²) in [7, 11) is 1.66. The highest BCUT2D eigenvalue weighted by molar-refractivity contribution is 5.69. The van der Waals surface area contributed by atoms with Crippen molar-refractivity contribution in [3.8, 4) is 0 Å². The minimum absolute atomic E-state index is 0.178. The molecule has 0 aliphatic heterocycles. The standard InChI is InChI=1S/C16H31NO5/c1-6-7-8-9-14(18)21-13-12-20-11-10-17(5)15(19)22-16(2,3)4/h6-13H2,1-5H3. The molecule has 6 heteroatoms. The summed E-state index contributed by atoms with van der Waals surface area (Å²) in [5.74, 6) is -0.178. The van der Waals surface area contributed by atoms with Gasteiger partial charge >= 0.3 is 12.1 Å². The number of carbonyl (C=O) groups excluding carboxylic acids is 2. The van der Waals surface area contributed by atoms with Crippen LogP contribution in [0.25, 0.3) is 0 Å². The van der Waals surface area contributed by atoms with E-state index in [1.54, 1.807) is 7.05 Å². The third-order valence-electron chi connectivity index (χ3n) is 2.75. The second-order valence-electron chi connectivity index (χ2n) is 6.19. The first-order valence-corrected chi connectivity index (χ1v) is 7.93. The van der Waals surface area contributed by atoms with E-state index in [4.69, 9.17) is 14.2 Å². The predicted octanol–water partition coefficient (Wildman–Crippen LogP) is 2.99. The molecule has 0 N–H and O–H groups in total. The number of unbranched alkanes of at least 4 members (excludes halogenated alkanes) is 2. The topological polar surface area (TPSA) is 65.1 Å². The molecule has 0 saturated carbocycles.